The van der Waals surface area contributed by atoms with E-state index in [9.17, 15) is 13.5 Å². The first-order valence-electron chi connectivity index (χ1n) is 9.10. The summed E-state index contributed by atoms with van der Waals surface area (Å²) in [6.45, 7) is 0. The molecular weight excluding hydrogens is 398 g/mol. The molecule has 0 atom stereocenters. The standard InChI is InChI=1S/C20H20ClN3O3S/c21-15-10-11-18(25)17(12-15)23-28(26,27)19-13-24(16-8-4-5-9-16)22-20(19)14-6-2-1-3-7-14/h1-3,6-7,10-13,16,23,25H,4-5,8-9H2. The lowest BCUT2D eigenvalue weighted by Gasteiger charge is -2.10. The summed E-state index contributed by atoms with van der Waals surface area (Å²) in [7, 11) is -3.99. The van der Waals surface area contributed by atoms with Gasteiger partial charge < -0.3 is 5.11 Å². The molecule has 8 heteroatoms. The number of benzene rings is 2. The molecule has 0 radical (unpaired) electrons. The predicted molar refractivity (Wildman–Crippen MR) is 109 cm³/mol. The van der Waals surface area contributed by atoms with Crippen LogP contribution in [0.3, 0.4) is 0 Å². The third-order valence-corrected chi connectivity index (χ3v) is 6.54. The molecule has 1 aromatic heterocycles. The Hall–Kier alpha value is -2.51. The number of nitrogens with one attached hydrogen (secondary N) is 1. The molecule has 4 rings (SSSR count). The van der Waals surface area contributed by atoms with E-state index >= 15 is 0 Å². The summed E-state index contributed by atoms with van der Waals surface area (Å²) in [6.07, 6.45) is 5.78. The molecule has 6 nitrogen and oxygen atoms in total. The van der Waals surface area contributed by atoms with Crippen molar-refractivity contribution in [1.29, 1.82) is 0 Å². The van der Waals surface area contributed by atoms with Crippen molar-refractivity contribution >= 4 is 27.3 Å². The van der Waals surface area contributed by atoms with Gasteiger partial charge in [0.2, 0.25) is 0 Å². The lowest BCUT2D eigenvalue weighted by Crippen LogP contribution is -2.13. The maximum absolute atomic E-state index is 13.2. The number of aromatic nitrogens is 2. The Morgan fingerprint density at radius 3 is 2.54 bits per heavy atom. The number of anilines is 1. The number of phenols is 1. The second kappa shape index (κ2) is 7.48. The Morgan fingerprint density at radius 2 is 1.82 bits per heavy atom. The minimum absolute atomic E-state index is 0.0279. The van der Waals surface area contributed by atoms with Crippen LogP contribution in [0.2, 0.25) is 5.02 Å². The van der Waals surface area contributed by atoms with Gasteiger partial charge in [-0.15, -0.1) is 0 Å². The van der Waals surface area contributed by atoms with Crippen molar-refractivity contribution in [1.82, 2.24) is 9.78 Å². The molecule has 1 heterocycles. The Bertz CT molecular complexity index is 1090. The number of sulfonamides is 1. The number of rotatable bonds is 5. The number of nitrogens with zero attached hydrogens (tertiary/aromatic N) is 2. The van der Waals surface area contributed by atoms with Crippen LogP contribution in [0.25, 0.3) is 11.3 Å². The fraction of sp³-hybridized carbons (Fsp3) is 0.250. The van der Waals surface area contributed by atoms with Crippen molar-refractivity contribution in [2.24, 2.45) is 0 Å². The van der Waals surface area contributed by atoms with E-state index in [2.05, 4.69) is 9.82 Å². The molecule has 28 heavy (non-hydrogen) atoms. The van der Waals surface area contributed by atoms with Gasteiger partial charge in [0.05, 0.1) is 11.7 Å². The highest BCUT2D eigenvalue weighted by molar-refractivity contribution is 7.92. The topological polar surface area (TPSA) is 84.2 Å². The third kappa shape index (κ3) is 3.72. The van der Waals surface area contributed by atoms with Crippen LogP contribution in [0.15, 0.2) is 59.6 Å². The molecule has 1 aliphatic carbocycles. The number of halogens is 1. The van der Waals surface area contributed by atoms with Gasteiger partial charge in [-0.2, -0.15) is 5.10 Å². The van der Waals surface area contributed by atoms with Gasteiger partial charge in [0.25, 0.3) is 10.0 Å². The normalized spacial score (nSPS) is 15.0. The van der Waals surface area contributed by atoms with Crippen LogP contribution in [0, 0.1) is 0 Å². The van der Waals surface area contributed by atoms with Crippen molar-refractivity contribution in [3.05, 3.63) is 59.8 Å². The first-order valence-corrected chi connectivity index (χ1v) is 11.0. The summed E-state index contributed by atoms with van der Waals surface area (Å²) >= 11 is 5.95. The minimum Gasteiger partial charge on any atom is -0.506 e. The molecule has 146 valence electrons. The van der Waals surface area contributed by atoms with Gasteiger partial charge in [-0.1, -0.05) is 54.8 Å². The molecule has 2 aromatic carbocycles. The zero-order chi connectivity index (χ0) is 19.7. The zero-order valence-electron chi connectivity index (χ0n) is 15.0. The van der Waals surface area contributed by atoms with E-state index in [1.807, 2.05) is 30.3 Å². The van der Waals surface area contributed by atoms with E-state index < -0.39 is 10.0 Å². The van der Waals surface area contributed by atoms with Gasteiger partial charge in [0.1, 0.15) is 16.3 Å². The van der Waals surface area contributed by atoms with E-state index in [1.54, 1.807) is 10.9 Å². The van der Waals surface area contributed by atoms with Crippen molar-refractivity contribution in [3.8, 4) is 17.0 Å². The maximum atomic E-state index is 13.2. The van der Waals surface area contributed by atoms with Crippen LogP contribution in [0.1, 0.15) is 31.7 Å². The Labute approximate surface area is 168 Å². The Balaban J connectivity index is 1.79. The number of hydrogen-bond acceptors (Lipinski definition) is 4. The molecule has 0 bridgehead atoms. The van der Waals surface area contributed by atoms with Crippen LogP contribution < -0.4 is 4.72 Å². The van der Waals surface area contributed by atoms with Gasteiger partial charge >= 0.3 is 0 Å². The largest absolute Gasteiger partial charge is 0.506 e. The zero-order valence-corrected chi connectivity index (χ0v) is 16.6. The number of hydrogen-bond donors (Lipinski definition) is 2. The first kappa shape index (κ1) is 18.8. The van der Waals surface area contributed by atoms with E-state index in [-0.39, 0.29) is 22.4 Å². The average Bonchev–Trinajstić information content (AvgIpc) is 3.35. The smallest absolute Gasteiger partial charge is 0.265 e. The van der Waals surface area contributed by atoms with E-state index in [0.29, 0.717) is 10.7 Å². The first-order chi connectivity index (χ1) is 13.4. The monoisotopic (exact) mass is 417 g/mol. The van der Waals surface area contributed by atoms with Gasteiger partial charge in [-0.3, -0.25) is 9.40 Å². The lowest BCUT2D eigenvalue weighted by atomic mass is 10.2. The van der Waals surface area contributed by atoms with Crippen molar-refractivity contribution in [3.63, 3.8) is 0 Å². The van der Waals surface area contributed by atoms with E-state index in [1.165, 1.54) is 18.2 Å². The fourth-order valence-electron chi connectivity index (χ4n) is 3.51. The van der Waals surface area contributed by atoms with Crippen molar-refractivity contribution in [2.45, 2.75) is 36.6 Å². The van der Waals surface area contributed by atoms with Gasteiger partial charge in [-0.05, 0) is 31.0 Å². The summed E-state index contributed by atoms with van der Waals surface area (Å²) in [5, 5.41) is 14.9. The predicted octanol–water partition coefficient (Wildman–Crippen LogP) is 4.83. The number of phenolic OH excluding ortho intramolecular Hbond substituents is 1. The summed E-state index contributed by atoms with van der Waals surface area (Å²) in [5.74, 6) is -0.197. The highest BCUT2D eigenvalue weighted by atomic mass is 35.5. The molecule has 0 unspecified atom stereocenters. The van der Waals surface area contributed by atoms with Crippen LogP contribution in [0.5, 0.6) is 5.75 Å². The molecule has 1 saturated carbocycles. The molecule has 0 amide bonds. The summed E-state index contributed by atoms with van der Waals surface area (Å²) in [5.41, 5.74) is 1.14. The van der Waals surface area contributed by atoms with Crippen LogP contribution in [0.4, 0.5) is 5.69 Å². The van der Waals surface area contributed by atoms with Crippen molar-refractivity contribution < 1.29 is 13.5 Å². The molecule has 2 N–H and O–H groups in total. The van der Waals surface area contributed by atoms with Crippen LogP contribution in [-0.2, 0) is 10.0 Å². The molecule has 1 aliphatic rings. The highest BCUT2D eigenvalue weighted by Gasteiger charge is 2.27. The second-order valence-corrected chi connectivity index (χ2v) is 8.98. The summed E-state index contributed by atoms with van der Waals surface area (Å²) in [6, 6.07) is 13.6. The van der Waals surface area contributed by atoms with Crippen LogP contribution >= 0.6 is 11.6 Å². The maximum Gasteiger partial charge on any atom is 0.265 e. The fourth-order valence-corrected chi connectivity index (χ4v) is 4.91. The highest BCUT2D eigenvalue weighted by Crippen LogP contribution is 2.35. The molecule has 0 aliphatic heterocycles. The molecule has 0 spiro atoms. The van der Waals surface area contributed by atoms with Gasteiger partial charge in [0.15, 0.2) is 0 Å². The molecule has 1 fully saturated rings. The lowest BCUT2D eigenvalue weighted by molar-refractivity contribution is 0.467. The van der Waals surface area contributed by atoms with Gasteiger partial charge in [0, 0.05) is 16.8 Å². The second-order valence-electron chi connectivity index (χ2n) is 6.89. The molecule has 3 aromatic rings. The van der Waals surface area contributed by atoms with E-state index in [4.69, 9.17) is 11.6 Å². The number of aromatic hydroxyl groups is 1. The van der Waals surface area contributed by atoms with Crippen LogP contribution in [-0.4, -0.2) is 23.3 Å². The van der Waals surface area contributed by atoms with E-state index in [0.717, 1.165) is 31.2 Å². The average molecular weight is 418 g/mol. The minimum atomic E-state index is -3.99. The van der Waals surface area contributed by atoms with Gasteiger partial charge in [-0.25, -0.2) is 8.42 Å². The molecular formula is C20H20ClN3O3S. The Kier molecular flexibility index (Phi) is 5.03. The SMILES string of the molecule is O=S(=O)(Nc1cc(Cl)ccc1O)c1cn(C2CCCC2)nc1-c1ccccc1. The summed E-state index contributed by atoms with van der Waals surface area (Å²) in [4.78, 5) is 0.0741. The quantitative estimate of drug-likeness (QED) is 0.582. The molecule has 0 saturated heterocycles. The van der Waals surface area contributed by atoms with Crippen molar-refractivity contribution in [2.75, 3.05) is 4.72 Å². The Morgan fingerprint density at radius 1 is 1.11 bits per heavy atom. The summed E-state index contributed by atoms with van der Waals surface area (Å²) < 4.78 is 30.5. The third-order valence-electron chi connectivity index (χ3n) is 4.94.